The standard InChI is InChI=1S/C18H17FN2O2/c19-15-7-3-2-6-14(15)18(23)20-11-12-21-16-8-4-1-5-13(16)9-10-17(21)22/h1-8H,9-12H2,(H,20,23). The highest BCUT2D eigenvalue weighted by molar-refractivity contribution is 5.97. The Bertz CT molecular complexity index is 745. The fourth-order valence-electron chi connectivity index (χ4n) is 2.76. The number of hydrogen-bond donors (Lipinski definition) is 1. The number of benzene rings is 2. The van der Waals surface area contributed by atoms with Crippen molar-refractivity contribution in [1.29, 1.82) is 0 Å². The summed E-state index contributed by atoms with van der Waals surface area (Å²) in [6.45, 7) is 0.642. The molecule has 2 aromatic carbocycles. The molecular weight excluding hydrogens is 295 g/mol. The van der Waals surface area contributed by atoms with Crippen molar-refractivity contribution < 1.29 is 14.0 Å². The lowest BCUT2D eigenvalue weighted by atomic mass is 10.0. The molecule has 0 bridgehead atoms. The summed E-state index contributed by atoms with van der Waals surface area (Å²) in [5.74, 6) is -0.978. The van der Waals surface area contributed by atoms with Gasteiger partial charge in [0.1, 0.15) is 5.82 Å². The molecule has 0 saturated heterocycles. The summed E-state index contributed by atoms with van der Waals surface area (Å²) in [6.07, 6.45) is 1.21. The molecule has 0 saturated carbocycles. The average molecular weight is 312 g/mol. The first-order chi connectivity index (χ1) is 11.2. The van der Waals surface area contributed by atoms with E-state index in [2.05, 4.69) is 5.32 Å². The first-order valence-electron chi connectivity index (χ1n) is 7.58. The number of carbonyl (C=O) groups is 2. The predicted octanol–water partition coefficient (Wildman–Crippen LogP) is 2.53. The minimum absolute atomic E-state index is 0.0119. The van der Waals surface area contributed by atoms with E-state index < -0.39 is 11.7 Å². The number of halogens is 1. The number of nitrogens with one attached hydrogen (secondary N) is 1. The number of para-hydroxylation sites is 1. The molecule has 0 atom stereocenters. The van der Waals surface area contributed by atoms with Crippen molar-refractivity contribution in [3.05, 3.63) is 65.5 Å². The van der Waals surface area contributed by atoms with Gasteiger partial charge >= 0.3 is 0 Å². The third-order valence-corrected chi connectivity index (χ3v) is 3.93. The van der Waals surface area contributed by atoms with Crippen LogP contribution in [-0.4, -0.2) is 24.9 Å². The van der Waals surface area contributed by atoms with Gasteiger partial charge < -0.3 is 10.2 Å². The van der Waals surface area contributed by atoms with Gasteiger partial charge in [0.15, 0.2) is 0 Å². The van der Waals surface area contributed by atoms with E-state index in [1.54, 1.807) is 11.0 Å². The van der Waals surface area contributed by atoms with Crippen LogP contribution >= 0.6 is 0 Å². The van der Waals surface area contributed by atoms with Crippen LogP contribution in [0.25, 0.3) is 0 Å². The van der Waals surface area contributed by atoms with Crippen LogP contribution < -0.4 is 10.2 Å². The molecule has 1 N–H and O–H groups in total. The Kier molecular flexibility index (Phi) is 4.37. The fourth-order valence-corrected chi connectivity index (χ4v) is 2.76. The van der Waals surface area contributed by atoms with Crippen LogP contribution in [0.5, 0.6) is 0 Å². The van der Waals surface area contributed by atoms with Crippen LogP contribution in [-0.2, 0) is 11.2 Å². The number of fused-ring (bicyclic) bond motifs is 1. The summed E-state index contributed by atoms with van der Waals surface area (Å²) in [7, 11) is 0. The Balaban J connectivity index is 1.64. The van der Waals surface area contributed by atoms with Gasteiger partial charge in [-0.3, -0.25) is 9.59 Å². The normalized spacial score (nSPS) is 13.6. The smallest absolute Gasteiger partial charge is 0.254 e. The fraction of sp³-hybridized carbons (Fsp3) is 0.222. The van der Waals surface area contributed by atoms with Crippen LogP contribution in [0.2, 0.25) is 0 Å². The zero-order valence-corrected chi connectivity index (χ0v) is 12.6. The van der Waals surface area contributed by atoms with Crippen molar-refractivity contribution in [1.82, 2.24) is 5.32 Å². The maximum Gasteiger partial charge on any atom is 0.254 e. The maximum absolute atomic E-state index is 13.6. The number of hydrogen-bond acceptors (Lipinski definition) is 2. The topological polar surface area (TPSA) is 49.4 Å². The van der Waals surface area contributed by atoms with Crippen molar-refractivity contribution in [3.8, 4) is 0 Å². The summed E-state index contributed by atoms with van der Waals surface area (Å²) in [5, 5.41) is 2.67. The zero-order valence-electron chi connectivity index (χ0n) is 12.6. The first-order valence-corrected chi connectivity index (χ1v) is 7.58. The number of amides is 2. The van der Waals surface area contributed by atoms with E-state index in [0.717, 1.165) is 17.7 Å². The van der Waals surface area contributed by atoms with Gasteiger partial charge in [0, 0.05) is 25.2 Å². The summed E-state index contributed by atoms with van der Waals surface area (Å²) in [4.78, 5) is 25.8. The molecule has 4 nitrogen and oxygen atoms in total. The van der Waals surface area contributed by atoms with Crippen molar-refractivity contribution in [2.45, 2.75) is 12.8 Å². The average Bonchev–Trinajstić information content (AvgIpc) is 2.57. The molecule has 0 radical (unpaired) electrons. The first kappa shape index (κ1) is 15.2. The second-order valence-electron chi connectivity index (χ2n) is 5.41. The molecule has 0 unspecified atom stereocenters. The third kappa shape index (κ3) is 3.23. The molecule has 23 heavy (non-hydrogen) atoms. The molecule has 2 aromatic rings. The second kappa shape index (κ2) is 6.60. The molecule has 0 fully saturated rings. The van der Waals surface area contributed by atoms with Gasteiger partial charge in [-0.15, -0.1) is 0 Å². The lowest BCUT2D eigenvalue weighted by molar-refractivity contribution is -0.118. The van der Waals surface area contributed by atoms with Gasteiger partial charge in [-0.1, -0.05) is 30.3 Å². The lowest BCUT2D eigenvalue weighted by Crippen LogP contribution is -2.41. The maximum atomic E-state index is 13.6. The molecule has 1 heterocycles. The molecule has 0 spiro atoms. The van der Waals surface area contributed by atoms with Crippen LogP contribution in [0.4, 0.5) is 10.1 Å². The van der Waals surface area contributed by atoms with Crippen molar-refractivity contribution >= 4 is 17.5 Å². The minimum Gasteiger partial charge on any atom is -0.350 e. The summed E-state index contributed by atoms with van der Waals surface area (Å²) >= 11 is 0. The van der Waals surface area contributed by atoms with Crippen LogP contribution in [0.3, 0.4) is 0 Å². The van der Waals surface area contributed by atoms with Crippen LogP contribution in [0.15, 0.2) is 48.5 Å². The highest BCUT2D eigenvalue weighted by Gasteiger charge is 2.23. The van der Waals surface area contributed by atoms with Crippen molar-refractivity contribution in [3.63, 3.8) is 0 Å². The number of carbonyl (C=O) groups excluding carboxylic acids is 2. The lowest BCUT2D eigenvalue weighted by Gasteiger charge is -2.29. The predicted molar refractivity (Wildman–Crippen MR) is 85.8 cm³/mol. The van der Waals surface area contributed by atoms with E-state index in [1.165, 1.54) is 18.2 Å². The molecule has 5 heteroatoms. The van der Waals surface area contributed by atoms with Gasteiger partial charge in [-0.05, 0) is 30.2 Å². The Morgan fingerprint density at radius 3 is 2.65 bits per heavy atom. The highest BCUT2D eigenvalue weighted by atomic mass is 19.1. The van der Waals surface area contributed by atoms with E-state index in [-0.39, 0.29) is 18.0 Å². The Hall–Kier alpha value is -2.69. The summed E-state index contributed by atoms with van der Waals surface area (Å²) in [5.41, 5.74) is 2.04. The second-order valence-corrected chi connectivity index (χ2v) is 5.41. The number of nitrogens with zero attached hydrogens (tertiary/aromatic N) is 1. The van der Waals surface area contributed by atoms with Crippen molar-refractivity contribution in [2.24, 2.45) is 0 Å². The quantitative estimate of drug-likeness (QED) is 0.943. The van der Waals surface area contributed by atoms with Gasteiger partial charge in [0.2, 0.25) is 5.91 Å². The monoisotopic (exact) mass is 312 g/mol. The van der Waals surface area contributed by atoms with E-state index >= 15 is 0 Å². The van der Waals surface area contributed by atoms with E-state index in [0.29, 0.717) is 13.0 Å². The zero-order chi connectivity index (χ0) is 16.2. The molecule has 1 aliphatic heterocycles. The van der Waals surface area contributed by atoms with Crippen LogP contribution in [0.1, 0.15) is 22.3 Å². The van der Waals surface area contributed by atoms with Gasteiger partial charge in [-0.25, -0.2) is 4.39 Å². The third-order valence-electron chi connectivity index (χ3n) is 3.93. The van der Waals surface area contributed by atoms with Gasteiger partial charge in [0.05, 0.1) is 5.56 Å². The SMILES string of the molecule is O=C(NCCN1C(=O)CCc2ccccc21)c1ccccc1F. The van der Waals surface area contributed by atoms with Gasteiger partial charge in [0.25, 0.3) is 5.91 Å². The number of anilines is 1. The minimum atomic E-state index is -0.551. The van der Waals surface area contributed by atoms with Crippen molar-refractivity contribution in [2.75, 3.05) is 18.0 Å². The Morgan fingerprint density at radius 1 is 1.09 bits per heavy atom. The number of aryl methyl sites for hydroxylation is 1. The molecule has 118 valence electrons. The molecule has 1 aliphatic rings. The van der Waals surface area contributed by atoms with Crippen LogP contribution in [0, 0.1) is 5.82 Å². The summed E-state index contributed by atoms with van der Waals surface area (Å²) in [6, 6.07) is 13.6. The van der Waals surface area contributed by atoms with E-state index in [4.69, 9.17) is 0 Å². The Labute approximate surface area is 133 Å². The largest absolute Gasteiger partial charge is 0.350 e. The van der Waals surface area contributed by atoms with E-state index in [9.17, 15) is 14.0 Å². The number of rotatable bonds is 4. The molecule has 0 aliphatic carbocycles. The van der Waals surface area contributed by atoms with Gasteiger partial charge in [-0.2, -0.15) is 0 Å². The molecule has 2 amide bonds. The highest BCUT2D eigenvalue weighted by Crippen LogP contribution is 2.26. The molecule has 0 aromatic heterocycles. The summed E-state index contributed by atoms with van der Waals surface area (Å²) < 4.78 is 13.6. The molecular formula is C18H17FN2O2. The molecule has 3 rings (SSSR count). The Morgan fingerprint density at radius 2 is 1.83 bits per heavy atom. The van der Waals surface area contributed by atoms with E-state index in [1.807, 2.05) is 24.3 Å².